The first-order valence-electron chi connectivity index (χ1n) is 8.34. The van der Waals surface area contributed by atoms with Gasteiger partial charge in [0.1, 0.15) is 5.75 Å². The summed E-state index contributed by atoms with van der Waals surface area (Å²) in [6.07, 6.45) is -4.48. The van der Waals surface area contributed by atoms with Crippen molar-refractivity contribution in [2.24, 2.45) is 0 Å². The van der Waals surface area contributed by atoms with E-state index in [0.717, 1.165) is 6.07 Å². The van der Waals surface area contributed by atoms with Crippen molar-refractivity contribution in [1.29, 1.82) is 0 Å². The molecule has 0 unspecified atom stereocenters. The molecule has 2 aromatic carbocycles. The van der Waals surface area contributed by atoms with Gasteiger partial charge in [0.15, 0.2) is 0 Å². The Morgan fingerprint density at radius 1 is 1.17 bits per heavy atom. The molecule has 0 spiro atoms. The summed E-state index contributed by atoms with van der Waals surface area (Å²) < 4.78 is 44.3. The van der Waals surface area contributed by atoms with Crippen molar-refractivity contribution < 1.29 is 27.5 Å². The van der Waals surface area contributed by atoms with Gasteiger partial charge in [-0.2, -0.15) is 13.2 Å². The van der Waals surface area contributed by atoms with Crippen LogP contribution in [0, 0.1) is 13.8 Å². The minimum absolute atomic E-state index is 0.00911. The van der Waals surface area contributed by atoms with Gasteiger partial charge in [0.05, 0.1) is 10.6 Å². The third kappa shape index (κ3) is 4.51. The number of aromatic nitrogens is 2. The number of nitrogens with zero attached hydrogens (tertiary/aromatic N) is 2. The molecule has 6 nitrogen and oxygen atoms in total. The largest absolute Gasteiger partial charge is 0.506 e. The Hall–Kier alpha value is -3.07. The number of halogens is 4. The molecule has 29 heavy (non-hydrogen) atoms. The Balaban J connectivity index is 1.73. The van der Waals surface area contributed by atoms with Gasteiger partial charge in [0, 0.05) is 12.1 Å². The summed E-state index contributed by atoms with van der Waals surface area (Å²) in [6.45, 7) is 2.85. The minimum atomic E-state index is -4.48. The summed E-state index contributed by atoms with van der Waals surface area (Å²) in [5, 5.41) is 19.6. The molecule has 0 saturated carbocycles. The Morgan fingerprint density at radius 2 is 1.90 bits per heavy atom. The number of phenolic OH excluding ortho intramolecular Hbond substituents is 1. The molecule has 1 amide bonds. The standard InChI is InChI=1S/C19H15ClF3N3O3/c1-9-3-4-11(6-13(9)19(21,22)23)8-24-16(28)18-26-25-17(29-18)12-5-10(2)15(27)14(20)7-12/h3-7,27H,8H2,1-2H3,(H,24,28). The van der Waals surface area contributed by atoms with E-state index in [2.05, 4.69) is 15.5 Å². The topological polar surface area (TPSA) is 88.2 Å². The highest BCUT2D eigenvalue weighted by molar-refractivity contribution is 6.32. The first kappa shape index (κ1) is 20.7. The van der Waals surface area contributed by atoms with Crippen LogP contribution >= 0.6 is 11.6 Å². The van der Waals surface area contributed by atoms with Crippen molar-refractivity contribution in [3.8, 4) is 17.2 Å². The van der Waals surface area contributed by atoms with Gasteiger partial charge >= 0.3 is 18.0 Å². The molecule has 3 aromatic rings. The summed E-state index contributed by atoms with van der Waals surface area (Å²) in [5.41, 5.74) is 0.500. The van der Waals surface area contributed by atoms with Crippen molar-refractivity contribution in [3.05, 3.63) is 63.5 Å². The highest BCUT2D eigenvalue weighted by Gasteiger charge is 2.32. The maximum atomic E-state index is 13.0. The Kier molecular flexibility index (Phi) is 5.52. The molecule has 0 aliphatic rings. The maximum Gasteiger partial charge on any atom is 0.416 e. The van der Waals surface area contributed by atoms with Gasteiger partial charge in [0.25, 0.3) is 0 Å². The molecule has 1 aromatic heterocycles. The monoisotopic (exact) mass is 425 g/mol. The van der Waals surface area contributed by atoms with Crippen molar-refractivity contribution in [2.75, 3.05) is 0 Å². The van der Waals surface area contributed by atoms with Crippen LogP contribution in [0.3, 0.4) is 0 Å². The number of nitrogens with one attached hydrogen (secondary N) is 1. The lowest BCUT2D eigenvalue weighted by molar-refractivity contribution is -0.138. The Morgan fingerprint density at radius 3 is 2.55 bits per heavy atom. The quantitative estimate of drug-likeness (QED) is 0.634. The SMILES string of the molecule is Cc1ccc(CNC(=O)c2nnc(-c3cc(C)c(O)c(Cl)c3)o2)cc1C(F)(F)F. The summed E-state index contributed by atoms with van der Waals surface area (Å²) >= 11 is 5.91. The summed E-state index contributed by atoms with van der Waals surface area (Å²) in [6, 6.07) is 6.78. The number of carbonyl (C=O) groups excluding carboxylic acids is 1. The van der Waals surface area contributed by atoms with Crippen LogP contribution in [0.5, 0.6) is 5.75 Å². The van der Waals surface area contributed by atoms with E-state index in [0.29, 0.717) is 11.1 Å². The van der Waals surface area contributed by atoms with Crippen LogP contribution in [0.2, 0.25) is 5.02 Å². The lowest BCUT2D eigenvalue weighted by Gasteiger charge is -2.12. The van der Waals surface area contributed by atoms with Gasteiger partial charge in [0.2, 0.25) is 5.89 Å². The highest BCUT2D eigenvalue weighted by Crippen LogP contribution is 2.33. The van der Waals surface area contributed by atoms with E-state index in [4.69, 9.17) is 16.0 Å². The van der Waals surface area contributed by atoms with Crippen molar-refractivity contribution in [3.63, 3.8) is 0 Å². The van der Waals surface area contributed by atoms with Gasteiger partial charge in [-0.05, 0) is 48.7 Å². The van der Waals surface area contributed by atoms with Crippen LogP contribution in [0.1, 0.15) is 32.9 Å². The second kappa shape index (κ2) is 7.75. The van der Waals surface area contributed by atoms with Crippen LogP contribution in [0.4, 0.5) is 13.2 Å². The first-order chi connectivity index (χ1) is 13.6. The van der Waals surface area contributed by atoms with Gasteiger partial charge in [-0.25, -0.2) is 0 Å². The number of benzene rings is 2. The third-order valence-electron chi connectivity index (χ3n) is 4.18. The average Bonchev–Trinajstić information content (AvgIpc) is 3.14. The first-order valence-corrected chi connectivity index (χ1v) is 8.72. The molecule has 0 aliphatic heterocycles. The second-order valence-electron chi connectivity index (χ2n) is 6.37. The van der Waals surface area contributed by atoms with Crippen LogP contribution in [-0.2, 0) is 12.7 Å². The van der Waals surface area contributed by atoms with Gasteiger partial charge in [-0.15, -0.1) is 10.2 Å². The average molecular weight is 426 g/mol. The van der Waals surface area contributed by atoms with Gasteiger partial charge < -0.3 is 14.8 Å². The van der Waals surface area contributed by atoms with Gasteiger partial charge in [-0.1, -0.05) is 23.7 Å². The molecule has 0 bridgehead atoms. The number of carbonyl (C=O) groups is 1. The van der Waals surface area contributed by atoms with Crippen molar-refractivity contribution in [2.45, 2.75) is 26.6 Å². The summed E-state index contributed by atoms with van der Waals surface area (Å²) in [5.74, 6) is -1.16. The van der Waals surface area contributed by atoms with E-state index in [9.17, 15) is 23.1 Å². The number of amides is 1. The minimum Gasteiger partial charge on any atom is -0.506 e. The van der Waals surface area contributed by atoms with E-state index < -0.39 is 17.6 Å². The maximum absolute atomic E-state index is 13.0. The van der Waals surface area contributed by atoms with E-state index in [-0.39, 0.29) is 40.2 Å². The van der Waals surface area contributed by atoms with Crippen LogP contribution < -0.4 is 5.32 Å². The highest BCUT2D eigenvalue weighted by atomic mass is 35.5. The third-order valence-corrected chi connectivity index (χ3v) is 4.47. The van der Waals surface area contributed by atoms with Crippen molar-refractivity contribution in [1.82, 2.24) is 15.5 Å². The molecular weight excluding hydrogens is 411 g/mol. The molecule has 3 rings (SSSR count). The molecule has 0 saturated heterocycles. The molecule has 0 atom stereocenters. The van der Waals surface area contributed by atoms with Crippen LogP contribution in [-0.4, -0.2) is 21.2 Å². The van der Waals surface area contributed by atoms with E-state index in [1.54, 1.807) is 13.0 Å². The van der Waals surface area contributed by atoms with Crippen LogP contribution in [0.15, 0.2) is 34.7 Å². The zero-order valence-corrected chi connectivity index (χ0v) is 16.0. The van der Waals surface area contributed by atoms with E-state index in [1.807, 2.05) is 0 Å². The lowest BCUT2D eigenvalue weighted by Crippen LogP contribution is -2.23. The van der Waals surface area contributed by atoms with E-state index in [1.165, 1.54) is 25.1 Å². The Labute approximate surface area is 168 Å². The molecule has 0 fully saturated rings. The fourth-order valence-electron chi connectivity index (χ4n) is 2.63. The zero-order valence-electron chi connectivity index (χ0n) is 15.3. The fourth-order valence-corrected chi connectivity index (χ4v) is 2.90. The number of alkyl halides is 3. The number of hydrogen-bond acceptors (Lipinski definition) is 5. The number of aromatic hydroxyl groups is 1. The van der Waals surface area contributed by atoms with E-state index >= 15 is 0 Å². The van der Waals surface area contributed by atoms with Crippen molar-refractivity contribution >= 4 is 17.5 Å². The molecule has 0 radical (unpaired) electrons. The number of hydrogen-bond donors (Lipinski definition) is 2. The molecule has 152 valence electrons. The predicted molar refractivity (Wildman–Crippen MR) is 98.5 cm³/mol. The molecule has 0 aliphatic carbocycles. The molecular formula is C19H15ClF3N3O3. The molecule has 1 heterocycles. The van der Waals surface area contributed by atoms with Gasteiger partial charge in [-0.3, -0.25) is 4.79 Å². The molecule has 10 heteroatoms. The summed E-state index contributed by atoms with van der Waals surface area (Å²) in [4.78, 5) is 12.2. The number of rotatable bonds is 4. The number of aryl methyl sites for hydroxylation is 2. The normalized spacial score (nSPS) is 11.5. The second-order valence-corrected chi connectivity index (χ2v) is 6.77. The smallest absolute Gasteiger partial charge is 0.416 e. The summed E-state index contributed by atoms with van der Waals surface area (Å²) in [7, 11) is 0. The zero-order chi connectivity index (χ0) is 21.3. The fraction of sp³-hybridized carbons (Fsp3) is 0.211. The number of phenols is 1. The lowest BCUT2D eigenvalue weighted by atomic mass is 10.0. The predicted octanol–water partition coefficient (Wildman–Crippen LogP) is 4.66. The Bertz CT molecular complexity index is 1060. The van der Waals surface area contributed by atoms with Crippen LogP contribution in [0.25, 0.3) is 11.5 Å². The molecule has 2 N–H and O–H groups in total.